The van der Waals surface area contributed by atoms with Gasteiger partial charge in [0.1, 0.15) is 6.04 Å². The molecule has 0 amide bonds. The molecule has 3 atom stereocenters. The van der Waals surface area contributed by atoms with Gasteiger partial charge in [-0.05, 0) is 32.8 Å². The van der Waals surface area contributed by atoms with Gasteiger partial charge in [0.05, 0.1) is 18.6 Å². The van der Waals surface area contributed by atoms with Gasteiger partial charge in [-0.15, -0.1) is 0 Å². The van der Waals surface area contributed by atoms with E-state index in [1.165, 1.54) is 0 Å². The van der Waals surface area contributed by atoms with E-state index in [9.17, 15) is 9.59 Å². The molecule has 22 heavy (non-hydrogen) atoms. The standard InChI is InChI=1S/C17H23NO4/c1-4-21-16(19)13-10-14(17(20)22-11(2)3)18-15(13)12-8-6-5-7-9-12/h5-9,11,13-15,18H,4,10H2,1-3H3/t13-,14+,15-/m0/s1. The lowest BCUT2D eigenvalue weighted by Gasteiger charge is -2.18. The number of benzene rings is 1. The van der Waals surface area contributed by atoms with Gasteiger partial charge in [-0.2, -0.15) is 0 Å². The minimum Gasteiger partial charge on any atom is -0.466 e. The Morgan fingerprint density at radius 1 is 1.23 bits per heavy atom. The van der Waals surface area contributed by atoms with Gasteiger partial charge in [0.2, 0.25) is 0 Å². The molecule has 1 aromatic rings. The molecule has 0 saturated carbocycles. The van der Waals surface area contributed by atoms with E-state index in [0.29, 0.717) is 13.0 Å². The number of rotatable bonds is 5. The number of carbonyl (C=O) groups excluding carboxylic acids is 2. The van der Waals surface area contributed by atoms with Gasteiger partial charge in [0, 0.05) is 6.04 Å². The fourth-order valence-electron chi connectivity index (χ4n) is 2.74. The van der Waals surface area contributed by atoms with Crippen molar-refractivity contribution in [2.75, 3.05) is 6.61 Å². The van der Waals surface area contributed by atoms with Gasteiger partial charge in [-0.3, -0.25) is 14.9 Å². The van der Waals surface area contributed by atoms with Crippen LogP contribution in [-0.4, -0.2) is 30.7 Å². The molecule has 0 bridgehead atoms. The van der Waals surface area contributed by atoms with Crippen LogP contribution < -0.4 is 5.32 Å². The largest absolute Gasteiger partial charge is 0.466 e. The molecular weight excluding hydrogens is 282 g/mol. The predicted octanol–water partition coefficient (Wildman–Crippen LogP) is 2.22. The van der Waals surface area contributed by atoms with Gasteiger partial charge in [-0.25, -0.2) is 0 Å². The van der Waals surface area contributed by atoms with Crippen LogP contribution in [0.5, 0.6) is 0 Å². The zero-order chi connectivity index (χ0) is 16.1. The number of carbonyl (C=O) groups is 2. The van der Waals surface area contributed by atoms with E-state index in [1.54, 1.807) is 6.92 Å². The molecule has 0 aliphatic carbocycles. The lowest BCUT2D eigenvalue weighted by molar-refractivity contribution is -0.150. The third-order valence-electron chi connectivity index (χ3n) is 3.66. The van der Waals surface area contributed by atoms with Crippen molar-refractivity contribution in [2.24, 2.45) is 5.92 Å². The van der Waals surface area contributed by atoms with Crippen molar-refractivity contribution in [2.45, 2.75) is 45.4 Å². The summed E-state index contributed by atoms with van der Waals surface area (Å²) in [5.41, 5.74) is 0.973. The maximum Gasteiger partial charge on any atom is 0.323 e. The number of hydrogen-bond donors (Lipinski definition) is 1. The Morgan fingerprint density at radius 2 is 1.91 bits per heavy atom. The van der Waals surface area contributed by atoms with Crippen molar-refractivity contribution < 1.29 is 19.1 Å². The summed E-state index contributed by atoms with van der Waals surface area (Å²) in [6.07, 6.45) is 0.218. The van der Waals surface area contributed by atoms with Crippen LogP contribution in [-0.2, 0) is 19.1 Å². The normalized spacial score (nSPS) is 24.3. The average Bonchev–Trinajstić information content (AvgIpc) is 2.93. The third kappa shape index (κ3) is 3.85. The van der Waals surface area contributed by atoms with Crippen molar-refractivity contribution in [3.63, 3.8) is 0 Å². The molecule has 5 nitrogen and oxygen atoms in total. The first kappa shape index (κ1) is 16.5. The molecule has 1 N–H and O–H groups in total. The van der Waals surface area contributed by atoms with Crippen molar-refractivity contribution >= 4 is 11.9 Å². The minimum atomic E-state index is -0.484. The summed E-state index contributed by atoms with van der Waals surface area (Å²) in [7, 11) is 0. The molecule has 1 aromatic carbocycles. The topological polar surface area (TPSA) is 64.6 Å². The Balaban J connectivity index is 2.17. The summed E-state index contributed by atoms with van der Waals surface area (Å²) in [5, 5.41) is 3.23. The van der Waals surface area contributed by atoms with Crippen molar-refractivity contribution in [1.82, 2.24) is 5.32 Å². The summed E-state index contributed by atoms with van der Waals surface area (Å²) in [5.74, 6) is -0.974. The molecule has 1 fully saturated rings. The van der Waals surface area contributed by atoms with Crippen LogP contribution in [0.3, 0.4) is 0 Å². The first-order valence-electron chi connectivity index (χ1n) is 7.71. The summed E-state index contributed by atoms with van der Waals surface area (Å²) in [6, 6.07) is 8.92. The number of esters is 2. The number of ether oxygens (including phenoxy) is 2. The van der Waals surface area contributed by atoms with E-state index in [4.69, 9.17) is 9.47 Å². The van der Waals surface area contributed by atoms with E-state index in [1.807, 2.05) is 44.2 Å². The molecule has 1 aliphatic heterocycles. The predicted molar refractivity (Wildman–Crippen MR) is 82.1 cm³/mol. The molecule has 1 saturated heterocycles. The van der Waals surface area contributed by atoms with Crippen LogP contribution in [0.15, 0.2) is 30.3 Å². The second-order valence-electron chi connectivity index (χ2n) is 5.69. The van der Waals surface area contributed by atoms with Gasteiger partial charge in [-0.1, -0.05) is 30.3 Å². The maximum absolute atomic E-state index is 12.2. The van der Waals surface area contributed by atoms with Crippen LogP contribution in [0.2, 0.25) is 0 Å². The van der Waals surface area contributed by atoms with Crippen molar-refractivity contribution in [3.05, 3.63) is 35.9 Å². The Labute approximate surface area is 131 Å². The molecule has 5 heteroatoms. The SMILES string of the molecule is CCOC(=O)[C@H]1C[C@H](C(=O)OC(C)C)N[C@H]1c1ccccc1. The minimum absolute atomic E-state index is 0.175. The lowest BCUT2D eigenvalue weighted by atomic mass is 9.93. The van der Waals surface area contributed by atoms with Crippen LogP contribution >= 0.6 is 0 Å². The van der Waals surface area contributed by atoms with Crippen molar-refractivity contribution in [3.8, 4) is 0 Å². The lowest BCUT2D eigenvalue weighted by Crippen LogP contribution is -2.35. The van der Waals surface area contributed by atoms with Gasteiger partial charge < -0.3 is 9.47 Å². The number of nitrogens with one attached hydrogen (secondary N) is 1. The fraction of sp³-hybridized carbons (Fsp3) is 0.529. The zero-order valence-electron chi connectivity index (χ0n) is 13.2. The monoisotopic (exact) mass is 305 g/mol. The second-order valence-corrected chi connectivity index (χ2v) is 5.69. The highest BCUT2D eigenvalue weighted by atomic mass is 16.5. The van der Waals surface area contributed by atoms with Crippen LogP contribution in [0.1, 0.15) is 38.8 Å². The summed E-state index contributed by atoms with van der Waals surface area (Å²) >= 11 is 0. The Hall–Kier alpha value is -1.88. The Bertz CT molecular complexity index is 515. The molecule has 120 valence electrons. The quantitative estimate of drug-likeness (QED) is 0.845. The molecule has 0 aromatic heterocycles. The highest BCUT2D eigenvalue weighted by molar-refractivity contribution is 5.80. The second kappa shape index (κ2) is 7.40. The highest BCUT2D eigenvalue weighted by Crippen LogP contribution is 2.34. The zero-order valence-corrected chi connectivity index (χ0v) is 13.2. The van der Waals surface area contributed by atoms with E-state index in [2.05, 4.69) is 5.32 Å². The highest BCUT2D eigenvalue weighted by Gasteiger charge is 2.43. The average molecular weight is 305 g/mol. The molecular formula is C17H23NO4. The summed E-state index contributed by atoms with van der Waals surface area (Å²) < 4.78 is 10.4. The molecule has 1 heterocycles. The Morgan fingerprint density at radius 3 is 2.50 bits per heavy atom. The number of hydrogen-bond acceptors (Lipinski definition) is 5. The molecule has 0 radical (unpaired) electrons. The van der Waals surface area contributed by atoms with Crippen LogP contribution in [0.25, 0.3) is 0 Å². The fourth-order valence-corrected chi connectivity index (χ4v) is 2.74. The molecule has 0 unspecified atom stereocenters. The third-order valence-corrected chi connectivity index (χ3v) is 3.66. The maximum atomic E-state index is 12.2. The van der Waals surface area contributed by atoms with E-state index in [0.717, 1.165) is 5.56 Å². The van der Waals surface area contributed by atoms with E-state index >= 15 is 0 Å². The molecule has 1 aliphatic rings. The Kier molecular flexibility index (Phi) is 5.55. The van der Waals surface area contributed by atoms with Crippen LogP contribution in [0, 0.1) is 5.92 Å². The molecule has 2 rings (SSSR count). The van der Waals surface area contributed by atoms with E-state index < -0.39 is 6.04 Å². The molecule has 0 spiro atoms. The van der Waals surface area contributed by atoms with Crippen LogP contribution in [0.4, 0.5) is 0 Å². The van der Waals surface area contributed by atoms with Crippen molar-refractivity contribution in [1.29, 1.82) is 0 Å². The van der Waals surface area contributed by atoms with Gasteiger partial charge in [0.25, 0.3) is 0 Å². The first-order chi connectivity index (χ1) is 10.5. The first-order valence-corrected chi connectivity index (χ1v) is 7.71. The van der Waals surface area contributed by atoms with Gasteiger partial charge in [0.15, 0.2) is 0 Å². The summed E-state index contributed by atoms with van der Waals surface area (Å²) in [4.78, 5) is 24.3. The summed E-state index contributed by atoms with van der Waals surface area (Å²) in [6.45, 7) is 5.73. The van der Waals surface area contributed by atoms with Gasteiger partial charge >= 0.3 is 11.9 Å². The smallest absolute Gasteiger partial charge is 0.323 e. The van der Waals surface area contributed by atoms with E-state index in [-0.39, 0.29) is 30.0 Å².